The number of fused-ring (bicyclic) bond motifs is 1. The predicted octanol–water partition coefficient (Wildman–Crippen LogP) is 6.20. The summed E-state index contributed by atoms with van der Waals surface area (Å²) in [5.74, 6) is -0.318. The highest BCUT2D eigenvalue weighted by Gasteiger charge is 2.37. The van der Waals surface area contributed by atoms with Gasteiger partial charge in [0.2, 0.25) is 0 Å². The lowest BCUT2D eigenvalue weighted by Crippen LogP contribution is -2.16. The normalized spacial score (nSPS) is 13.5. The number of nitrogens with one attached hydrogen (secondary N) is 1. The van der Waals surface area contributed by atoms with E-state index in [4.69, 9.17) is 4.74 Å². The van der Waals surface area contributed by atoms with Crippen LogP contribution in [0.25, 0.3) is 5.65 Å². The number of hydrogen-bond donors (Lipinski definition) is 1. The maximum atomic E-state index is 13.7. The van der Waals surface area contributed by atoms with E-state index in [2.05, 4.69) is 15.4 Å². The van der Waals surface area contributed by atoms with Crippen molar-refractivity contribution in [2.45, 2.75) is 38.8 Å². The second-order valence-electron chi connectivity index (χ2n) is 8.94. The Morgan fingerprint density at radius 3 is 2.57 bits per heavy atom. The molecular weight excluding hydrogens is 491 g/mol. The first-order valence-electron chi connectivity index (χ1n) is 11.3. The number of rotatable bonds is 6. The van der Waals surface area contributed by atoms with Gasteiger partial charge in [-0.15, -0.1) is 0 Å². The lowest BCUT2D eigenvalue weighted by molar-refractivity contribution is -0.384. The minimum absolute atomic E-state index is 0.0132. The molecule has 12 heteroatoms. The number of alkyl halides is 3. The number of halogens is 3. The molecule has 4 aromatic rings. The number of benzene rings is 2. The Morgan fingerprint density at radius 2 is 1.89 bits per heavy atom. The number of hydrogen-bond acceptors (Lipinski definition) is 6. The molecule has 0 bridgehead atoms. The zero-order chi connectivity index (χ0) is 26.5. The van der Waals surface area contributed by atoms with Gasteiger partial charge >= 0.3 is 6.18 Å². The van der Waals surface area contributed by atoms with Crippen LogP contribution in [0.5, 0.6) is 11.5 Å². The number of nitro benzene ring substituents is 1. The summed E-state index contributed by atoms with van der Waals surface area (Å²) < 4.78 is 47.4. The summed E-state index contributed by atoms with van der Waals surface area (Å²) in [5, 5.41) is 17.8. The number of ether oxygens (including phenoxy) is 1. The lowest BCUT2D eigenvalue weighted by atomic mass is 10.1. The molecule has 1 saturated carbocycles. The molecule has 9 nitrogen and oxygen atoms in total. The van der Waals surface area contributed by atoms with Gasteiger partial charge in [0.05, 0.1) is 16.7 Å². The van der Waals surface area contributed by atoms with Crippen LogP contribution in [0.1, 0.15) is 51.8 Å². The third kappa shape index (κ3) is 5.08. The molecule has 0 spiro atoms. The molecule has 0 saturated heterocycles. The Hall–Kier alpha value is -4.48. The molecule has 0 aliphatic heterocycles. The third-order valence-corrected chi connectivity index (χ3v) is 5.90. The van der Waals surface area contributed by atoms with Crippen molar-refractivity contribution in [3.63, 3.8) is 0 Å². The van der Waals surface area contributed by atoms with Crippen molar-refractivity contribution in [3.8, 4) is 11.5 Å². The molecule has 1 amide bonds. The van der Waals surface area contributed by atoms with Gasteiger partial charge in [-0.3, -0.25) is 14.9 Å². The van der Waals surface area contributed by atoms with Crippen LogP contribution in [-0.2, 0) is 6.18 Å². The number of amides is 1. The summed E-state index contributed by atoms with van der Waals surface area (Å²) in [6.07, 6.45) is -3.20. The summed E-state index contributed by atoms with van der Waals surface area (Å²) in [7, 11) is 0. The van der Waals surface area contributed by atoms with Gasteiger partial charge in [0.1, 0.15) is 17.2 Å². The zero-order valence-electron chi connectivity index (χ0n) is 19.7. The average molecular weight is 511 g/mol. The largest absolute Gasteiger partial charge is 0.457 e. The number of anilines is 1. The number of aryl methyl sites for hydroxylation is 2. The highest BCUT2D eigenvalue weighted by Crippen LogP contribution is 2.41. The topological polar surface area (TPSA) is 112 Å². The smallest absolute Gasteiger partial charge is 0.433 e. The van der Waals surface area contributed by atoms with Gasteiger partial charge in [0.25, 0.3) is 11.6 Å². The number of non-ortho nitro benzene ring substituents is 1. The Morgan fingerprint density at radius 1 is 1.14 bits per heavy atom. The van der Waals surface area contributed by atoms with Crippen LogP contribution < -0.4 is 10.1 Å². The first-order chi connectivity index (χ1) is 17.5. The van der Waals surface area contributed by atoms with Crippen molar-refractivity contribution in [3.05, 3.63) is 86.9 Å². The van der Waals surface area contributed by atoms with Gasteiger partial charge in [0, 0.05) is 29.8 Å². The van der Waals surface area contributed by atoms with Crippen molar-refractivity contribution < 1.29 is 27.6 Å². The fourth-order valence-corrected chi connectivity index (χ4v) is 3.85. The average Bonchev–Trinajstić information content (AvgIpc) is 3.58. The molecule has 190 valence electrons. The van der Waals surface area contributed by atoms with E-state index in [0.29, 0.717) is 16.0 Å². The van der Waals surface area contributed by atoms with Crippen molar-refractivity contribution >= 4 is 22.9 Å². The van der Waals surface area contributed by atoms with E-state index >= 15 is 0 Å². The van der Waals surface area contributed by atoms with Crippen LogP contribution in [0, 0.1) is 24.0 Å². The molecule has 0 atom stereocenters. The van der Waals surface area contributed by atoms with Crippen LogP contribution in [0.2, 0.25) is 0 Å². The SMILES string of the molecule is Cc1ccc(C)c(Oc2cc(NC(=O)c3cc4nc(C5CC5)cc(C(F)(F)F)n4n3)cc([N+](=O)[O-])c2)c1. The van der Waals surface area contributed by atoms with Crippen molar-refractivity contribution in [1.29, 1.82) is 0 Å². The van der Waals surface area contributed by atoms with Crippen molar-refractivity contribution in [1.82, 2.24) is 14.6 Å². The molecule has 0 unspecified atom stereocenters. The molecule has 0 radical (unpaired) electrons. The summed E-state index contributed by atoms with van der Waals surface area (Å²) >= 11 is 0. The molecule has 1 aliphatic rings. The number of aromatic nitrogens is 3. The van der Waals surface area contributed by atoms with Crippen LogP contribution in [0.4, 0.5) is 24.5 Å². The monoisotopic (exact) mass is 511 g/mol. The first kappa shape index (κ1) is 24.2. The van der Waals surface area contributed by atoms with Crippen LogP contribution in [0.15, 0.2) is 48.5 Å². The van der Waals surface area contributed by atoms with E-state index in [-0.39, 0.29) is 34.4 Å². The number of nitro groups is 1. The minimum atomic E-state index is -4.70. The number of carbonyl (C=O) groups excluding carboxylic acids is 1. The number of nitrogens with zero attached hydrogens (tertiary/aromatic N) is 4. The second-order valence-corrected chi connectivity index (χ2v) is 8.94. The van der Waals surface area contributed by atoms with Crippen LogP contribution in [-0.4, -0.2) is 25.4 Å². The van der Waals surface area contributed by atoms with Gasteiger partial charge in [-0.1, -0.05) is 12.1 Å². The molecule has 37 heavy (non-hydrogen) atoms. The van der Waals surface area contributed by atoms with Gasteiger partial charge in [-0.05, 0) is 49.9 Å². The van der Waals surface area contributed by atoms with Crippen molar-refractivity contribution in [2.24, 2.45) is 0 Å². The van der Waals surface area contributed by atoms with Gasteiger partial charge in [-0.25, -0.2) is 9.50 Å². The predicted molar refractivity (Wildman–Crippen MR) is 127 cm³/mol. The summed E-state index contributed by atoms with van der Waals surface area (Å²) in [6, 6.07) is 11.3. The molecular formula is C25H20F3N5O4. The maximum absolute atomic E-state index is 13.7. The van der Waals surface area contributed by atoms with E-state index in [9.17, 15) is 28.1 Å². The molecule has 1 aliphatic carbocycles. The summed E-state index contributed by atoms with van der Waals surface area (Å²) in [5.41, 5.74) is 0.224. The lowest BCUT2D eigenvalue weighted by Gasteiger charge is -2.11. The fraction of sp³-hybridized carbons (Fsp3) is 0.240. The van der Waals surface area contributed by atoms with E-state index in [1.165, 1.54) is 12.1 Å². The van der Waals surface area contributed by atoms with Gasteiger partial charge in [-0.2, -0.15) is 18.3 Å². The van der Waals surface area contributed by atoms with E-state index in [0.717, 1.165) is 42.2 Å². The minimum Gasteiger partial charge on any atom is -0.457 e. The van der Waals surface area contributed by atoms with E-state index < -0.39 is 22.7 Å². The van der Waals surface area contributed by atoms with Crippen molar-refractivity contribution in [2.75, 3.05) is 5.32 Å². The molecule has 2 aromatic carbocycles. The standard InChI is InChI=1S/C25H20F3N5O4/c1-13-3-4-14(2)21(7-13)37-18-9-16(8-17(10-18)33(35)36)29-24(34)20-12-23-30-19(15-5-6-15)11-22(25(26,27)28)32(23)31-20/h3-4,7-12,15H,5-6H2,1-2H3,(H,29,34). The third-order valence-electron chi connectivity index (χ3n) is 5.90. The van der Waals surface area contributed by atoms with Crippen LogP contribution in [0.3, 0.4) is 0 Å². The van der Waals surface area contributed by atoms with Gasteiger partial charge in [0.15, 0.2) is 11.3 Å². The van der Waals surface area contributed by atoms with E-state index in [1.807, 2.05) is 26.0 Å². The Balaban J connectivity index is 1.47. The first-order valence-corrected chi connectivity index (χ1v) is 11.3. The molecule has 2 aromatic heterocycles. The van der Waals surface area contributed by atoms with E-state index in [1.54, 1.807) is 6.07 Å². The molecule has 1 N–H and O–H groups in total. The summed E-state index contributed by atoms with van der Waals surface area (Å²) in [6.45, 7) is 3.68. The molecule has 5 rings (SSSR count). The quantitative estimate of drug-likeness (QED) is 0.244. The molecule has 1 fully saturated rings. The number of carbonyl (C=O) groups is 1. The zero-order valence-corrected chi connectivity index (χ0v) is 19.7. The van der Waals surface area contributed by atoms with Crippen LogP contribution >= 0.6 is 0 Å². The molecule has 2 heterocycles. The Labute approximate surface area is 208 Å². The second kappa shape index (κ2) is 8.87. The highest BCUT2D eigenvalue weighted by atomic mass is 19.4. The summed E-state index contributed by atoms with van der Waals surface area (Å²) in [4.78, 5) is 28.0. The Kier molecular flexibility index (Phi) is 5.81. The maximum Gasteiger partial charge on any atom is 0.433 e. The fourth-order valence-electron chi connectivity index (χ4n) is 3.85. The Bertz CT molecular complexity index is 1560. The highest BCUT2D eigenvalue weighted by molar-refractivity contribution is 6.03. The van der Waals surface area contributed by atoms with Gasteiger partial charge < -0.3 is 10.1 Å².